The van der Waals surface area contributed by atoms with Gasteiger partial charge in [-0.1, -0.05) is 227 Å². The molecule has 6 nitrogen and oxygen atoms in total. The molecular weight excluding hydrogens is 673 g/mol. The minimum atomic E-state index is -0.759. The average Bonchev–Trinajstić information content (AvgIpc) is 3.15. The lowest BCUT2D eigenvalue weighted by Crippen LogP contribution is -2.30. The molecule has 0 bridgehead atoms. The Hall–Kier alpha value is -1.59. The van der Waals surface area contributed by atoms with E-state index in [1.807, 2.05) is 0 Å². The zero-order valence-corrected chi connectivity index (χ0v) is 36.7. The molecule has 0 N–H and O–H groups in total. The number of hydrogen-bond donors (Lipinski definition) is 0. The Kier molecular flexibility index (Phi) is 41.3. The van der Waals surface area contributed by atoms with Crippen LogP contribution in [0.4, 0.5) is 0 Å². The molecule has 0 radical (unpaired) electrons. The summed E-state index contributed by atoms with van der Waals surface area (Å²) in [4.78, 5) is 37.8. The zero-order valence-electron chi connectivity index (χ0n) is 36.7. The van der Waals surface area contributed by atoms with E-state index in [9.17, 15) is 14.4 Å². The van der Waals surface area contributed by atoms with Gasteiger partial charge in [-0.2, -0.15) is 0 Å². The molecule has 320 valence electrons. The molecule has 0 fully saturated rings. The second-order valence-electron chi connectivity index (χ2n) is 16.9. The van der Waals surface area contributed by atoms with Crippen molar-refractivity contribution in [2.45, 2.75) is 271 Å². The largest absolute Gasteiger partial charge is 0.462 e. The highest BCUT2D eigenvalue weighted by molar-refractivity contribution is 5.71. The van der Waals surface area contributed by atoms with Crippen LogP contribution >= 0.6 is 0 Å². The zero-order chi connectivity index (χ0) is 39.6. The van der Waals surface area contributed by atoms with Gasteiger partial charge in [0.15, 0.2) is 6.10 Å². The highest BCUT2D eigenvalue weighted by Crippen LogP contribution is 2.16. The molecule has 0 aromatic heterocycles. The maximum absolute atomic E-state index is 12.7. The lowest BCUT2D eigenvalue weighted by Gasteiger charge is -2.18. The Morgan fingerprint density at radius 2 is 0.611 bits per heavy atom. The summed E-state index contributed by atoms with van der Waals surface area (Å²) in [6, 6.07) is 0. The summed E-state index contributed by atoms with van der Waals surface area (Å²) < 4.78 is 16.7. The molecule has 0 spiro atoms. The predicted octanol–water partition coefficient (Wildman–Crippen LogP) is 15.1. The van der Waals surface area contributed by atoms with Crippen LogP contribution in [0.2, 0.25) is 0 Å². The first kappa shape index (κ1) is 52.4. The molecular formula is C48H92O6. The monoisotopic (exact) mass is 765 g/mol. The van der Waals surface area contributed by atoms with Crippen molar-refractivity contribution < 1.29 is 28.6 Å². The molecule has 0 heterocycles. The Balaban J connectivity index is 4.33. The SMILES string of the molecule is CCCCCCCCCCCCCCCC(=O)O[C@@H](COC(=O)CCCCCCCCCCCCCC)COC(=O)CCCCCCCCCCC(C)C. The van der Waals surface area contributed by atoms with Crippen LogP contribution in [0.15, 0.2) is 0 Å². The maximum atomic E-state index is 12.7. The molecule has 0 aromatic rings. The molecule has 1 atom stereocenters. The van der Waals surface area contributed by atoms with E-state index in [1.54, 1.807) is 0 Å². The summed E-state index contributed by atoms with van der Waals surface area (Å²) in [5, 5.41) is 0. The molecule has 0 amide bonds. The van der Waals surface area contributed by atoms with Crippen LogP contribution in [0, 0.1) is 5.92 Å². The lowest BCUT2D eigenvalue weighted by atomic mass is 10.0. The van der Waals surface area contributed by atoms with E-state index in [0.717, 1.165) is 63.7 Å². The molecule has 54 heavy (non-hydrogen) atoms. The third-order valence-corrected chi connectivity index (χ3v) is 10.8. The van der Waals surface area contributed by atoms with Crippen molar-refractivity contribution in [3.63, 3.8) is 0 Å². The first-order chi connectivity index (χ1) is 26.4. The van der Waals surface area contributed by atoms with Crippen molar-refractivity contribution >= 4 is 17.9 Å². The van der Waals surface area contributed by atoms with Gasteiger partial charge >= 0.3 is 17.9 Å². The van der Waals surface area contributed by atoms with Gasteiger partial charge in [-0.3, -0.25) is 14.4 Å². The molecule has 6 heteroatoms. The molecule has 0 aliphatic carbocycles. The van der Waals surface area contributed by atoms with Gasteiger partial charge in [0.25, 0.3) is 0 Å². The normalized spacial score (nSPS) is 11.9. The number of rotatable bonds is 43. The molecule has 0 unspecified atom stereocenters. The van der Waals surface area contributed by atoms with Gasteiger partial charge < -0.3 is 14.2 Å². The van der Waals surface area contributed by atoms with E-state index < -0.39 is 6.10 Å². The summed E-state index contributed by atoms with van der Waals surface area (Å²) in [6.45, 7) is 8.97. The number of ether oxygens (including phenoxy) is 3. The van der Waals surface area contributed by atoms with E-state index in [-0.39, 0.29) is 31.1 Å². The maximum Gasteiger partial charge on any atom is 0.306 e. The van der Waals surface area contributed by atoms with Crippen LogP contribution in [0.1, 0.15) is 265 Å². The Morgan fingerprint density at radius 1 is 0.352 bits per heavy atom. The minimum Gasteiger partial charge on any atom is -0.462 e. The van der Waals surface area contributed by atoms with Crippen LogP contribution in [0.3, 0.4) is 0 Å². The van der Waals surface area contributed by atoms with Gasteiger partial charge in [0.2, 0.25) is 0 Å². The highest BCUT2D eigenvalue weighted by atomic mass is 16.6. The second kappa shape index (κ2) is 42.6. The van der Waals surface area contributed by atoms with Crippen molar-refractivity contribution in [2.24, 2.45) is 5.92 Å². The standard InChI is InChI=1S/C48H92O6/c1-5-7-9-11-13-15-17-19-21-23-29-33-37-41-48(51)54-45(43-53-47(50)40-36-32-28-25-24-26-30-34-38-44(3)4)42-52-46(49)39-35-31-27-22-20-18-16-14-12-10-8-6-2/h44-45H,5-43H2,1-4H3/t45-/m0/s1. The van der Waals surface area contributed by atoms with Gasteiger partial charge in [0.1, 0.15) is 13.2 Å². The van der Waals surface area contributed by atoms with Gasteiger partial charge in [-0.05, 0) is 25.2 Å². The van der Waals surface area contributed by atoms with E-state index in [0.29, 0.717) is 19.3 Å². The van der Waals surface area contributed by atoms with Crippen molar-refractivity contribution in [3.8, 4) is 0 Å². The molecule has 0 saturated carbocycles. The third-order valence-electron chi connectivity index (χ3n) is 10.8. The fourth-order valence-corrected chi connectivity index (χ4v) is 7.16. The number of hydrogen-bond acceptors (Lipinski definition) is 6. The Morgan fingerprint density at radius 3 is 0.907 bits per heavy atom. The Labute approximate surface area is 336 Å². The first-order valence-corrected chi connectivity index (χ1v) is 23.9. The van der Waals surface area contributed by atoms with Crippen molar-refractivity contribution in [1.82, 2.24) is 0 Å². The van der Waals surface area contributed by atoms with Crippen LogP contribution in [0.5, 0.6) is 0 Å². The van der Waals surface area contributed by atoms with E-state index in [2.05, 4.69) is 27.7 Å². The summed E-state index contributed by atoms with van der Waals surface area (Å²) in [6.07, 6.45) is 42.3. The fourth-order valence-electron chi connectivity index (χ4n) is 7.16. The second-order valence-corrected chi connectivity index (χ2v) is 16.9. The summed E-state index contributed by atoms with van der Waals surface area (Å²) in [5.41, 5.74) is 0. The van der Waals surface area contributed by atoms with Gasteiger partial charge in [0.05, 0.1) is 0 Å². The van der Waals surface area contributed by atoms with Crippen LogP contribution in [0.25, 0.3) is 0 Å². The number of unbranched alkanes of at least 4 members (excludes halogenated alkanes) is 30. The van der Waals surface area contributed by atoms with Crippen LogP contribution in [-0.4, -0.2) is 37.2 Å². The fraction of sp³-hybridized carbons (Fsp3) is 0.938. The Bertz CT molecular complexity index is 811. The van der Waals surface area contributed by atoms with Gasteiger partial charge in [-0.15, -0.1) is 0 Å². The third kappa shape index (κ3) is 41.6. The predicted molar refractivity (Wildman–Crippen MR) is 229 cm³/mol. The topological polar surface area (TPSA) is 78.9 Å². The van der Waals surface area contributed by atoms with E-state index in [1.165, 1.54) is 161 Å². The average molecular weight is 765 g/mol. The van der Waals surface area contributed by atoms with E-state index >= 15 is 0 Å². The number of carbonyl (C=O) groups excluding carboxylic acids is 3. The quantitative estimate of drug-likeness (QED) is 0.0349. The summed E-state index contributed by atoms with van der Waals surface area (Å²) >= 11 is 0. The summed E-state index contributed by atoms with van der Waals surface area (Å²) in [5.74, 6) is -0.0554. The molecule has 0 saturated heterocycles. The van der Waals surface area contributed by atoms with Crippen LogP contribution in [-0.2, 0) is 28.6 Å². The van der Waals surface area contributed by atoms with Crippen LogP contribution < -0.4 is 0 Å². The van der Waals surface area contributed by atoms with Crippen molar-refractivity contribution in [2.75, 3.05) is 13.2 Å². The first-order valence-electron chi connectivity index (χ1n) is 23.9. The smallest absolute Gasteiger partial charge is 0.306 e. The molecule has 0 rings (SSSR count). The van der Waals surface area contributed by atoms with Crippen molar-refractivity contribution in [3.05, 3.63) is 0 Å². The molecule has 0 aromatic carbocycles. The summed E-state index contributed by atoms with van der Waals surface area (Å²) in [7, 11) is 0. The lowest BCUT2D eigenvalue weighted by molar-refractivity contribution is -0.167. The number of esters is 3. The minimum absolute atomic E-state index is 0.0636. The van der Waals surface area contributed by atoms with Crippen molar-refractivity contribution in [1.29, 1.82) is 0 Å². The van der Waals surface area contributed by atoms with E-state index in [4.69, 9.17) is 14.2 Å². The highest BCUT2D eigenvalue weighted by Gasteiger charge is 2.19. The van der Waals surface area contributed by atoms with Gasteiger partial charge in [-0.25, -0.2) is 0 Å². The number of carbonyl (C=O) groups is 3. The molecule has 0 aliphatic rings. The molecule has 0 aliphatic heterocycles. The van der Waals surface area contributed by atoms with Gasteiger partial charge in [0, 0.05) is 19.3 Å².